The van der Waals surface area contributed by atoms with E-state index in [9.17, 15) is 9.90 Å². The fourth-order valence-corrected chi connectivity index (χ4v) is 2.37. The Labute approximate surface area is 115 Å². The van der Waals surface area contributed by atoms with Crippen molar-refractivity contribution in [1.29, 1.82) is 0 Å². The Morgan fingerprint density at radius 2 is 2.28 bits per heavy atom. The number of benzene rings is 1. The fraction of sp³-hybridized carbons (Fsp3) is 0.462. The summed E-state index contributed by atoms with van der Waals surface area (Å²) < 4.78 is 6.30. The highest BCUT2D eigenvalue weighted by Gasteiger charge is 2.22. The zero-order valence-corrected chi connectivity index (χ0v) is 11.6. The Kier molecular flexibility index (Phi) is 4.60. The maximum Gasteiger partial charge on any atom is 0.260 e. The summed E-state index contributed by atoms with van der Waals surface area (Å²) in [6, 6.07) is 7.42. The SMILES string of the molecule is O=C(COc1ccccc1Br)N1CCCC(O)C1. The normalized spacial score (nSPS) is 19.7. The van der Waals surface area contributed by atoms with E-state index < -0.39 is 6.10 Å². The number of aliphatic hydroxyl groups is 1. The van der Waals surface area contributed by atoms with Gasteiger partial charge < -0.3 is 14.7 Å². The quantitative estimate of drug-likeness (QED) is 0.926. The Morgan fingerprint density at radius 3 is 3.00 bits per heavy atom. The first kappa shape index (κ1) is 13.4. The van der Waals surface area contributed by atoms with E-state index in [0.717, 1.165) is 17.3 Å². The molecular formula is C13H16BrNO3. The van der Waals surface area contributed by atoms with Crippen LogP contribution in [0.15, 0.2) is 28.7 Å². The van der Waals surface area contributed by atoms with Crippen molar-refractivity contribution in [3.63, 3.8) is 0 Å². The minimum absolute atomic E-state index is 0.00926. The number of para-hydroxylation sites is 1. The number of hydrogen-bond acceptors (Lipinski definition) is 3. The number of ether oxygens (including phenoxy) is 1. The number of halogens is 1. The summed E-state index contributed by atoms with van der Waals surface area (Å²) in [5.74, 6) is 0.577. The number of piperidine rings is 1. The second-order valence-corrected chi connectivity index (χ2v) is 5.21. The summed E-state index contributed by atoms with van der Waals surface area (Å²) >= 11 is 3.36. The van der Waals surface area contributed by atoms with Crippen molar-refractivity contribution in [3.05, 3.63) is 28.7 Å². The van der Waals surface area contributed by atoms with Crippen molar-refractivity contribution < 1.29 is 14.6 Å². The molecule has 98 valence electrons. The van der Waals surface area contributed by atoms with E-state index >= 15 is 0 Å². The lowest BCUT2D eigenvalue weighted by molar-refractivity contribution is -0.136. The molecule has 0 aliphatic carbocycles. The summed E-state index contributed by atoms with van der Waals surface area (Å²) in [6.45, 7) is 1.13. The molecule has 0 saturated carbocycles. The highest BCUT2D eigenvalue weighted by molar-refractivity contribution is 9.10. The standard InChI is InChI=1S/C13H16BrNO3/c14-11-5-1-2-6-12(11)18-9-13(17)15-7-3-4-10(16)8-15/h1-2,5-6,10,16H,3-4,7-9H2. The Bertz CT molecular complexity index is 424. The van der Waals surface area contributed by atoms with Crippen molar-refractivity contribution in [2.75, 3.05) is 19.7 Å². The van der Waals surface area contributed by atoms with Gasteiger partial charge in [-0.2, -0.15) is 0 Å². The van der Waals surface area contributed by atoms with Gasteiger partial charge in [0.05, 0.1) is 10.6 Å². The van der Waals surface area contributed by atoms with Gasteiger partial charge in [0.2, 0.25) is 0 Å². The van der Waals surface area contributed by atoms with E-state index in [4.69, 9.17) is 4.74 Å². The molecule has 1 heterocycles. The number of β-amino-alcohol motifs (C(OH)–C–C–N with tert-alkyl or cyclic N) is 1. The molecule has 1 aliphatic heterocycles. The van der Waals surface area contributed by atoms with Gasteiger partial charge in [-0.3, -0.25) is 4.79 Å². The van der Waals surface area contributed by atoms with E-state index in [1.165, 1.54) is 0 Å². The number of nitrogens with zero attached hydrogens (tertiary/aromatic N) is 1. The third-order valence-corrected chi connectivity index (χ3v) is 3.59. The largest absolute Gasteiger partial charge is 0.483 e. The molecule has 0 radical (unpaired) electrons. The molecule has 0 spiro atoms. The molecule has 1 atom stereocenters. The van der Waals surface area contributed by atoms with Crippen LogP contribution in [0, 0.1) is 0 Å². The molecule has 18 heavy (non-hydrogen) atoms. The summed E-state index contributed by atoms with van der Waals surface area (Å²) in [5, 5.41) is 9.52. The van der Waals surface area contributed by atoms with Gasteiger partial charge in [0, 0.05) is 13.1 Å². The number of likely N-dealkylation sites (tertiary alicyclic amines) is 1. The van der Waals surface area contributed by atoms with Crippen LogP contribution in [0.1, 0.15) is 12.8 Å². The van der Waals surface area contributed by atoms with Crippen molar-refractivity contribution in [1.82, 2.24) is 4.90 Å². The van der Waals surface area contributed by atoms with Crippen LogP contribution in [0.3, 0.4) is 0 Å². The summed E-state index contributed by atoms with van der Waals surface area (Å²) in [7, 11) is 0. The van der Waals surface area contributed by atoms with Crippen molar-refractivity contribution >= 4 is 21.8 Å². The molecule has 1 saturated heterocycles. The first-order valence-electron chi connectivity index (χ1n) is 6.00. The second kappa shape index (κ2) is 6.20. The number of carbonyl (C=O) groups is 1. The number of rotatable bonds is 3. The van der Waals surface area contributed by atoms with Crippen molar-refractivity contribution in [3.8, 4) is 5.75 Å². The molecule has 4 nitrogen and oxygen atoms in total. The summed E-state index contributed by atoms with van der Waals surface area (Å²) in [6.07, 6.45) is 1.22. The van der Waals surface area contributed by atoms with Crippen LogP contribution < -0.4 is 4.74 Å². The average Bonchev–Trinajstić information content (AvgIpc) is 2.37. The Hall–Kier alpha value is -1.07. The van der Waals surface area contributed by atoms with E-state index in [2.05, 4.69) is 15.9 Å². The molecule has 1 N–H and O–H groups in total. The number of amides is 1. The van der Waals surface area contributed by atoms with Gasteiger partial charge in [-0.05, 0) is 40.9 Å². The number of aliphatic hydroxyl groups excluding tert-OH is 1. The molecule has 0 aromatic heterocycles. The minimum atomic E-state index is -0.397. The predicted octanol–water partition coefficient (Wildman–Crippen LogP) is 1.81. The van der Waals surface area contributed by atoms with Gasteiger partial charge in [0.25, 0.3) is 5.91 Å². The third-order valence-electron chi connectivity index (χ3n) is 2.94. The van der Waals surface area contributed by atoms with Gasteiger partial charge in [0.1, 0.15) is 5.75 Å². The molecule has 1 amide bonds. The topological polar surface area (TPSA) is 49.8 Å². The molecule has 1 unspecified atom stereocenters. The van der Waals surface area contributed by atoms with Crippen LogP contribution in [0.2, 0.25) is 0 Å². The van der Waals surface area contributed by atoms with E-state index in [1.54, 1.807) is 4.90 Å². The molecule has 5 heteroatoms. The summed E-state index contributed by atoms with van der Waals surface area (Å²) in [5.41, 5.74) is 0. The van der Waals surface area contributed by atoms with Crippen molar-refractivity contribution in [2.24, 2.45) is 0 Å². The zero-order valence-electron chi connectivity index (χ0n) is 10.0. The number of carbonyl (C=O) groups excluding carboxylic acids is 1. The lowest BCUT2D eigenvalue weighted by Crippen LogP contribution is -2.44. The van der Waals surface area contributed by atoms with Gasteiger partial charge in [-0.15, -0.1) is 0 Å². The first-order chi connectivity index (χ1) is 8.66. The van der Waals surface area contributed by atoms with Gasteiger partial charge in [-0.25, -0.2) is 0 Å². The second-order valence-electron chi connectivity index (χ2n) is 4.35. The third kappa shape index (κ3) is 3.46. The van der Waals surface area contributed by atoms with Crippen LogP contribution in [-0.2, 0) is 4.79 Å². The molecule has 1 aliphatic rings. The Balaban J connectivity index is 1.86. The van der Waals surface area contributed by atoms with Crippen LogP contribution in [0.5, 0.6) is 5.75 Å². The number of hydrogen-bond donors (Lipinski definition) is 1. The smallest absolute Gasteiger partial charge is 0.260 e. The highest BCUT2D eigenvalue weighted by Crippen LogP contribution is 2.23. The van der Waals surface area contributed by atoms with E-state index in [0.29, 0.717) is 18.8 Å². The lowest BCUT2D eigenvalue weighted by Gasteiger charge is -2.30. The van der Waals surface area contributed by atoms with Gasteiger partial charge in [-0.1, -0.05) is 12.1 Å². The molecule has 0 bridgehead atoms. The van der Waals surface area contributed by atoms with Crippen molar-refractivity contribution in [2.45, 2.75) is 18.9 Å². The first-order valence-corrected chi connectivity index (χ1v) is 6.79. The zero-order chi connectivity index (χ0) is 13.0. The van der Waals surface area contributed by atoms with Crippen LogP contribution in [0.4, 0.5) is 0 Å². The van der Waals surface area contributed by atoms with Gasteiger partial charge >= 0.3 is 0 Å². The molecule has 1 fully saturated rings. The molecular weight excluding hydrogens is 298 g/mol. The lowest BCUT2D eigenvalue weighted by atomic mass is 10.1. The monoisotopic (exact) mass is 313 g/mol. The molecule has 1 aromatic rings. The minimum Gasteiger partial charge on any atom is -0.483 e. The van der Waals surface area contributed by atoms with E-state index in [1.807, 2.05) is 24.3 Å². The van der Waals surface area contributed by atoms with E-state index in [-0.39, 0.29) is 12.5 Å². The van der Waals surface area contributed by atoms with Crippen LogP contribution >= 0.6 is 15.9 Å². The van der Waals surface area contributed by atoms with Crippen LogP contribution in [-0.4, -0.2) is 41.7 Å². The predicted molar refractivity (Wildman–Crippen MR) is 71.5 cm³/mol. The molecule has 2 rings (SSSR count). The fourth-order valence-electron chi connectivity index (χ4n) is 1.97. The summed E-state index contributed by atoms with van der Waals surface area (Å²) in [4.78, 5) is 13.6. The Morgan fingerprint density at radius 1 is 1.50 bits per heavy atom. The highest BCUT2D eigenvalue weighted by atomic mass is 79.9. The average molecular weight is 314 g/mol. The van der Waals surface area contributed by atoms with Gasteiger partial charge in [0.15, 0.2) is 6.61 Å². The van der Waals surface area contributed by atoms with Crippen LogP contribution in [0.25, 0.3) is 0 Å². The maximum atomic E-state index is 11.9. The molecule has 1 aromatic carbocycles. The maximum absolute atomic E-state index is 11.9.